The molecule has 1 aromatic rings. The lowest BCUT2D eigenvalue weighted by Gasteiger charge is -2.15. The maximum absolute atomic E-state index is 11.3. The predicted octanol–water partition coefficient (Wildman–Crippen LogP) is 2.66. The van der Waals surface area contributed by atoms with Crippen molar-refractivity contribution >= 4 is 17.3 Å². The molecule has 7 heteroatoms. The van der Waals surface area contributed by atoms with Crippen molar-refractivity contribution in [3.63, 3.8) is 0 Å². The molecule has 2 rings (SSSR count). The van der Waals surface area contributed by atoms with Gasteiger partial charge in [0, 0.05) is 6.04 Å². The molecule has 0 radical (unpaired) electrons. The molecule has 0 heterocycles. The number of carboxylic acids is 1. The fraction of sp³-hybridized carbons (Fsp3) is 0.500. The van der Waals surface area contributed by atoms with Gasteiger partial charge in [-0.15, -0.1) is 0 Å². The molecule has 0 amide bonds. The zero-order valence-electron chi connectivity index (χ0n) is 11.7. The number of para-hydroxylation sites is 1. The van der Waals surface area contributed by atoms with Crippen molar-refractivity contribution in [3.05, 3.63) is 28.3 Å². The van der Waals surface area contributed by atoms with Crippen LogP contribution >= 0.6 is 0 Å². The number of nitrogens with one attached hydrogen (secondary N) is 1. The van der Waals surface area contributed by atoms with E-state index in [1.165, 1.54) is 0 Å². The first-order valence-corrected chi connectivity index (χ1v) is 6.92. The summed E-state index contributed by atoms with van der Waals surface area (Å²) in [5, 5.41) is 23.3. The van der Waals surface area contributed by atoms with Crippen LogP contribution in [0.15, 0.2) is 18.2 Å². The van der Waals surface area contributed by atoms with Gasteiger partial charge < -0.3 is 15.2 Å². The molecule has 1 aliphatic rings. The first-order chi connectivity index (χ1) is 10.0. The molecule has 114 valence electrons. The summed E-state index contributed by atoms with van der Waals surface area (Å²) in [4.78, 5) is 21.7. The van der Waals surface area contributed by atoms with Gasteiger partial charge in [-0.1, -0.05) is 6.07 Å². The molecule has 0 aliphatic heterocycles. The normalized spacial score (nSPS) is 21.0. The molecule has 2 N–H and O–H groups in total. The Bertz CT molecular complexity index is 546. The number of hydrogen-bond donors (Lipinski definition) is 2. The van der Waals surface area contributed by atoms with E-state index >= 15 is 0 Å². The number of hydrogen-bond acceptors (Lipinski definition) is 5. The molecule has 0 aromatic heterocycles. The quantitative estimate of drug-likeness (QED) is 0.617. The van der Waals surface area contributed by atoms with E-state index in [2.05, 4.69) is 5.32 Å². The second kappa shape index (κ2) is 6.43. The highest BCUT2D eigenvalue weighted by Crippen LogP contribution is 2.37. The molecule has 0 saturated heterocycles. The van der Waals surface area contributed by atoms with Gasteiger partial charge in [0.15, 0.2) is 5.75 Å². The molecule has 21 heavy (non-hydrogen) atoms. The van der Waals surface area contributed by atoms with Crippen molar-refractivity contribution in [2.75, 3.05) is 11.9 Å². The highest BCUT2D eigenvalue weighted by molar-refractivity contribution is 5.71. The van der Waals surface area contributed by atoms with Crippen LogP contribution in [0.25, 0.3) is 0 Å². The Morgan fingerprint density at radius 1 is 1.52 bits per heavy atom. The first-order valence-electron chi connectivity index (χ1n) is 6.92. The Balaban J connectivity index is 2.18. The second-order valence-electron chi connectivity index (χ2n) is 5.03. The van der Waals surface area contributed by atoms with Gasteiger partial charge in [0.25, 0.3) is 0 Å². The number of nitro benzene ring substituents is 1. The van der Waals surface area contributed by atoms with Crippen molar-refractivity contribution in [3.8, 4) is 5.75 Å². The average Bonchev–Trinajstić information content (AvgIpc) is 2.87. The number of ether oxygens (including phenoxy) is 1. The van der Waals surface area contributed by atoms with E-state index in [0.29, 0.717) is 31.6 Å². The number of rotatable bonds is 6. The SMILES string of the molecule is CCOc1cccc(NC2CCC(C(=O)O)C2)c1[N+](=O)[O-]. The summed E-state index contributed by atoms with van der Waals surface area (Å²) >= 11 is 0. The summed E-state index contributed by atoms with van der Waals surface area (Å²) in [5.74, 6) is -0.964. The van der Waals surface area contributed by atoms with Crippen LogP contribution in [-0.4, -0.2) is 28.6 Å². The standard InChI is InChI=1S/C14H18N2O5/c1-2-21-12-5-3-4-11(13(12)16(19)20)15-10-7-6-9(8-10)14(17)18/h3-5,9-10,15H,2,6-8H2,1H3,(H,17,18). The van der Waals surface area contributed by atoms with Crippen molar-refractivity contribution < 1.29 is 19.6 Å². The van der Waals surface area contributed by atoms with E-state index in [4.69, 9.17) is 9.84 Å². The van der Waals surface area contributed by atoms with Crippen LogP contribution in [0, 0.1) is 16.0 Å². The van der Waals surface area contributed by atoms with Gasteiger partial charge in [-0.05, 0) is 38.3 Å². The number of carboxylic acid groups (broad SMARTS) is 1. The van der Waals surface area contributed by atoms with Gasteiger partial charge in [0.1, 0.15) is 5.69 Å². The van der Waals surface area contributed by atoms with E-state index in [1.54, 1.807) is 25.1 Å². The minimum atomic E-state index is -0.808. The van der Waals surface area contributed by atoms with Crippen LogP contribution in [0.5, 0.6) is 5.75 Å². The fourth-order valence-corrected chi connectivity index (χ4v) is 2.66. The van der Waals surface area contributed by atoms with Crippen LogP contribution in [0.3, 0.4) is 0 Å². The third-order valence-electron chi connectivity index (χ3n) is 3.62. The lowest BCUT2D eigenvalue weighted by molar-refractivity contribution is -0.385. The third kappa shape index (κ3) is 3.42. The maximum atomic E-state index is 11.3. The van der Waals surface area contributed by atoms with Crippen molar-refractivity contribution in [2.24, 2.45) is 5.92 Å². The smallest absolute Gasteiger partial charge is 0.333 e. The van der Waals surface area contributed by atoms with Crippen molar-refractivity contribution in [1.82, 2.24) is 0 Å². The molecule has 1 fully saturated rings. The van der Waals surface area contributed by atoms with Gasteiger partial charge >= 0.3 is 11.7 Å². The zero-order chi connectivity index (χ0) is 15.4. The van der Waals surface area contributed by atoms with Gasteiger partial charge in [-0.3, -0.25) is 14.9 Å². The summed E-state index contributed by atoms with van der Waals surface area (Å²) in [6.07, 6.45) is 1.75. The maximum Gasteiger partial charge on any atom is 0.333 e. The Kier molecular flexibility index (Phi) is 4.62. The Hall–Kier alpha value is -2.31. The summed E-state index contributed by atoms with van der Waals surface area (Å²) in [6.45, 7) is 2.10. The Morgan fingerprint density at radius 3 is 2.86 bits per heavy atom. The van der Waals surface area contributed by atoms with Crippen molar-refractivity contribution in [2.45, 2.75) is 32.2 Å². The van der Waals surface area contributed by atoms with Gasteiger partial charge in [0.2, 0.25) is 0 Å². The van der Waals surface area contributed by atoms with E-state index in [0.717, 1.165) is 0 Å². The zero-order valence-corrected chi connectivity index (χ0v) is 11.7. The van der Waals surface area contributed by atoms with Crippen molar-refractivity contribution in [1.29, 1.82) is 0 Å². The molecule has 7 nitrogen and oxygen atoms in total. The first kappa shape index (κ1) is 15.1. The molecular formula is C14H18N2O5. The number of nitrogens with zero attached hydrogens (tertiary/aromatic N) is 1. The van der Waals surface area contributed by atoms with E-state index in [1.807, 2.05) is 0 Å². The van der Waals surface area contributed by atoms with Gasteiger partial charge in [-0.25, -0.2) is 0 Å². The molecule has 1 aromatic carbocycles. The number of anilines is 1. The van der Waals surface area contributed by atoms with Crippen LogP contribution < -0.4 is 10.1 Å². The van der Waals surface area contributed by atoms with Gasteiger partial charge in [0.05, 0.1) is 17.4 Å². The molecule has 2 unspecified atom stereocenters. The topological polar surface area (TPSA) is 102 Å². The average molecular weight is 294 g/mol. The summed E-state index contributed by atoms with van der Waals surface area (Å²) in [6, 6.07) is 4.79. The predicted molar refractivity (Wildman–Crippen MR) is 76.7 cm³/mol. The highest BCUT2D eigenvalue weighted by Gasteiger charge is 2.31. The lowest BCUT2D eigenvalue weighted by atomic mass is 10.1. The molecule has 1 aliphatic carbocycles. The Labute approximate surface area is 122 Å². The fourth-order valence-electron chi connectivity index (χ4n) is 2.66. The van der Waals surface area contributed by atoms with Gasteiger partial charge in [-0.2, -0.15) is 0 Å². The van der Waals surface area contributed by atoms with E-state index in [9.17, 15) is 14.9 Å². The monoisotopic (exact) mass is 294 g/mol. The number of nitro groups is 1. The van der Waals surface area contributed by atoms with E-state index in [-0.39, 0.29) is 23.4 Å². The minimum Gasteiger partial charge on any atom is -0.487 e. The van der Waals surface area contributed by atoms with Crippen LogP contribution in [0.2, 0.25) is 0 Å². The van der Waals surface area contributed by atoms with Crippen LogP contribution in [0.1, 0.15) is 26.2 Å². The highest BCUT2D eigenvalue weighted by atomic mass is 16.6. The Morgan fingerprint density at radius 2 is 2.29 bits per heavy atom. The molecule has 0 spiro atoms. The summed E-state index contributed by atoms with van der Waals surface area (Å²) < 4.78 is 5.29. The number of carbonyl (C=O) groups is 1. The molecule has 2 atom stereocenters. The molecule has 0 bridgehead atoms. The lowest BCUT2D eigenvalue weighted by Crippen LogP contribution is -2.18. The minimum absolute atomic E-state index is 0.0679. The summed E-state index contributed by atoms with van der Waals surface area (Å²) in [5.41, 5.74) is 0.278. The van der Waals surface area contributed by atoms with Crippen LogP contribution in [-0.2, 0) is 4.79 Å². The third-order valence-corrected chi connectivity index (χ3v) is 3.62. The molecule has 1 saturated carbocycles. The second-order valence-corrected chi connectivity index (χ2v) is 5.03. The van der Waals surface area contributed by atoms with Crippen LogP contribution in [0.4, 0.5) is 11.4 Å². The van der Waals surface area contributed by atoms with E-state index < -0.39 is 10.9 Å². The largest absolute Gasteiger partial charge is 0.487 e. The summed E-state index contributed by atoms with van der Waals surface area (Å²) in [7, 11) is 0. The number of aliphatic carboxylic acids is 1. The number of benzene rings is 1. The molecular weight excluding hydrogens is 276 g/mol.